The molecule has 1 aliphatic heterocycles. The molecule has 19 heavy (non-hydrogen) atoms. The number of halogens is 1. The molecule has 1 unspecified atom stereocenters. The van der Waals surface area contributed by atoms with Crippen LogP contribution in [0.5, 0.6) is 0 Å². The lowest BCUT2D eigenvalue weighted by Gasteiger charge is -2.24. The third-order valence-electron chi connectivity index (χ3n) is 3.11. The molecular weight excluding hydrogens is 264 g/mol. The van der Waals surface area contributed by atoms with E-state index in [-0.39, 0.29) is 30.4 Å². The Kier molecular flexibility index (Phi) is 6.84. The number of rotatable bonds is 4. The lowest BCUT2D eigenvalue weighted by molar-refractivity contribution is -0.122. The van der Waals surface area contributed by atoms with E-state index in [0.717, 1.165) is 18.7 Å². The summed E-state index contributed by atoms with van der Waals surface area (Å²) < 4.78 is 5.33. The molecule has 1 saturated heterocycles. The first-order chi connectivity index (χ1) is 8.75. The Morgan fingerprint density at radius 3 is 2.84 bits per heavy atom. The quantitative estimate of drug-likeness (QED) is 0.884. The third-order valence-corrected chi connectivity index (χ3v) is 3.11. The molecule has 0 aromatic heterocycles. The second kappa shape index (κ2) is 8.15. The first kappa shape index (κ1) is 16.0. The van der Waals surface area contributed by atoms with Crippen LogP contribution >= 0.6 is 12.4 Å². The topological polar surface area (TPSA) is 50.4 Å². The number of hydrogen-bond donors (Lipinski definition) is 2. The molecule has 0 aliphatic carbocycles. The van der Waals surface area contributed by atoms with Crippen molar-refractivity contribution in [1.82, 2.24) is 10.6 Å². The number of benzene rings is 1. The molecule has 2 atom stereocenters. The Balaban J connectivity index is 0.00000180. The van der Waals surface area contributed by atoms with Crippen molar-refractivity contribution >= 4 is 18.3 Å². The molecule has 0 bridgehead atoms. The van der Waals surface area contributed by atoms with Gasteiger partial charge >= 0.3 is 0 Å². The van der Waals surface area contributed by atoms with E-state index >= 15 is 0 Å². The van der Waals surface area contributed by atoms with Crippen molar-refractivity contribution in [2.75, 3.05) is 19.8 Å². The molecule has 1 aliphatic rings. The van der Waals surface area contributed by atoms with Gasteiger partial charge in [0.15, 0.2) is 0 Å². The van der Waals surface area contributed by atoms with E-state index in [4.69, 9.17) is 4.74 Å². The molecule has 5 heteroatoms. The maximum absolute atomic E-state index is 11.9. The summed E-state index contributed by atoms with van der Waals surface area (Å²) in [6, 6.07) is 10.2. The molecule has 1 aromatic carbocycles. The van der Waals surface area contributed by atoms with Crippen LogP contribution in [-0.2, 0) is 9.53 Å². The first-order valence-electron chi connectivity index (χ1n) is 6.41. The van der Waals surface area contributed by atoms with Crippen molar-refractivity contribution in [3.63, 3.8) is 0 Å². The number of ether oxygens (including phenoxy) is 1. The van der Waals surface area contributed by atoms with Crippen molar-refractivity contribution in [1.29, 1.82) is 0 Å². The van der Waals surface area contributed by atoms with Gasteiger partial charge in [-0.05, 0) is 12.5 Å². The van der Waals surface area contributed by atoms with E-state index in [9.17, 15) is 4.79 Å². The van der Waals surface area contributed by atoms with Gasteiger partial charge in [0, 0.05) is 19.0 Å². The van der Waals surface area contributed by atoms with Gasteiger partial charge in [-0.25, -0.2) is 0 Å². The van der Waals surface area contributed by atoms with Crippen molar-refractivity contribution in [2.45, 2.75) is 25.4 Å². The highest BCUT2D eigenvalue weighted by Crippen LogP contribution is 2.11. The second-order valence-electron chi connectivity index (χ2n) is 4.63. The summed E-state index contributed by atoms with van der Waals surface area (Å²) in [5.74, 6) is 0.0642. The Labute approximate surface area is 120 Å². The molecular formula is C14H21ClN2O2. The minimum Gasteiger partial charge on any atom is -0.378 e. The van der Waals surface area contributed by atoms with Crippen molar-refractivity contribution in [2.24, 2.45) is 0 Å². The molecule has 0 radical (unpaired) electrons. The lowest BCUT2D eigenvalue weighted by atomic mass is 10.1. The molecule has 1 heterocycles. The number of amides is 1. The monoisotopic (exact) mass is 284 g/mol. The average molecular weight is 285 g/mol. The van der Waals surface area contributed by atoms with Crippen molar-refractivity contribution in [3.8, 4) is 0 Å². The molecule has 106 valence electrons. The highest BCUT2D eigenvalue weighted by atomic mass is 35.5. The molecule has 1 fully saturated rings. The zero-order valence-electron chi connectivity index (χ0n) is 11.1. The lowest BCUT2D eigenvalue weighted by Crippen LogP contribution is -2.44. The van der Waals surface area contributed by atoms with Crippen LogP contribution in [0.4, 0.5) is 0 Å². The fourth-order valence-corrected chi connectivity index (χ4v) is 2.10. The van der Waals surface area contributed by atoms with E-state index < -0.39 is 0 Å². The van der Waals surface area contributed by atoms with Crippen LogP contribution in [0, 0.1) is 0 Å². The van der Waals surface area contributed by atoms with E-state index in [0.29, 0.717) is 13.0 Å². The predicted octanol–water partition coefficient (Wildman–Crippen LogP) is 1.66. The minimum atomic E-state index is 0. The summed E-state index contributed by atoms with van der Waals surface area (Å²) in [4.78, 5) is 11.9. The Morgan fingerprint density at radius 1 is 1.47 bits per heavy atom. The summed E-state index contributed by atoms with van der Waals surface area (Å²) >= 11 is 0. The fourth-order valence-electron chi connectivity index (χ4n) is 2.10. The normalized spacial score (nSPS) is 20.2. The Hall–Kier alpha value is -1.10. The van der Waals surface area contributed by atoms with Crippen LogP contribution in [0.3, 0.4) is 0 Å². The number of nitrogens with one attached hydrogen (secondary N) is 2. The average Bonchev–Trinajstić information content (AvgIpc) is 2.40. The molecule has 0 spiro atoms. The first-order valence-corrected chi connectivity index (χ1v) is 6.41. The van der Waals surface area contributed by atoms with Crippen LogP contribution in [0.25, 0.3) is 0 Å². The third kappa shape index (κ3) is 5.19. The standard InChI is InChI=1S/C14H20N2O2.ClH/c1-11(12-5-3-2-4-6-12)16-14(17)9-13-10-18-8-7-15-13;/h2-6,11,13,15H,7-10H2,1H3,(H,16,17);1H/t11-,13?;/m1./s1. The second-order valence-corrected chi connectivity index (χ2v) is 4.63. The van der Waals surface area contributed by atoms with Crippen LogP contribution in [-0.4, -0.2) is 31.7 Å². The van der Waals surface area contributed by atoms with Gasteiger partial charge in [-0.15, -0.1) is 12.4 Å². The minimum absolute atomic E-state index is 0. The largest absolute Gasteiger partial charge is 0.378 e. The number of morpholine rings is 1. The summed E-state index contributed by atoms with van der Waals surface area (Å²) in [6.45, 7) is 4.18. The summed E-state index contributed by atoms with van der Waals surface area (Å²) in [6.07, 6.45) is 0.469. The van der Waals surface area contributed by atoms with Crippen LogP contribution in [0.1, 0.15) is 24.9 Å². The van der Waals surface area contributed by atoms with Crippen molar-refractivity contribution in [3.05, 3.63) is 35.9 Å². The van der Waals surface area contributed by atoms with Gasteiger partial charge in [0.25, 0.3) is 0 Å². The highest BCUT2D eigenvalue weighted by Gasteiger charge is 2.18. The summed E-state index contributed by atoms with van der Waals surface area (Å²) in [5, 5.41) is 6.29. The molecule has 4 nitrogen and oxygen atoms in total. The predicted molar refractivity (Wildman–Crippen MR) is 77.5 cm³/mol. The van der Waals surface area contributed by atoms with Crippen molar-refractivity contribution < 1.29 is 9.53 Å². The number of carbonyl (C=O) groups is 1. The van der Waals surface area contributed by atoms with Gasteiger partial charge in [0.2, 0.25) is 5.91 Å². The van der Waals surface area contributed by atoms with Gasteiger partial charge in [0.05, 0.1) is 19.3 Å². The van der Waals surface area contributed by atoms with Crippen LogP contribution in [0.2, 0.25) is 0 Å². The molecule has 1 aromatic rings. The Morgan fingerprint density at radius 2 is 2.21 bits per heavy atom. The van der Waals surface area contributed by atoms with Gasteiger partial charge in [0.1, 0.15) is 0 Å². The zero-order valence-corrected chi connectivity index (χ0v) is 11.9. The Bertz CT molecular complexity index is 380. The SMILES string of the molecule is C[C@@H](NC(=O)CC1COCCN1)c1ccccc1.Cl. The van der Waals surface area contributed by atoms with Gasteiger partial charge in [-0.3, -0.25) is 4.79 Å². The highest BCUT2D eigenvalue weighted by molar-refractivity contribution is 5.85. The number of carbonyl (C=O) groups excluding carboxylic acids is 1. The van der Waals surface area contributed by atoms with Crippen LogP contribution in [0.15, 0.2) is 30.3 Å². The number of hydrogen-bond acceptors (Lipinski definition) is 3. The zero-order chi connectivity index (χ0) is 12.8. The van der Waals surface area contributed by atoms with E-state index in [1.54, 1.807) is 0 Å². The smallest absolute Gasteiger partial charge is 0.222 e. The van der Waals surface area contributed by atoms with Gasteiger partial charge in [-0.2, -0.15) is 0 Å². The summed E-state index contributed by atoms with van der Waals surface area (Å²) in [7, 11) is 0. The van der Waals surface area contributed by atoms with E-state index in [2.05, 4.69) is 10.6 Å². The van der Waals surface area contributed by atoms with Crippen LogP contribution < -0.4 is 10.6 Å². The summed E-state index contributed by atoms with van der Waals surface area (Å²) in [5.41, 5.74) is 1.12. The maximum atomic E-state index is 11.9. The molecule has 2 N–H and O–H groups in total. The fraction of sp³-hybridized carbons (Fsp3) is 0.500. The molecule has 2 rings (SSSR count). The van der Waals surface area contributed by atoms with E-state index in [1.807, 2.05) is 37.3 Å². The van der Waals surface area contributed by atoms with E-state index in [1.165, 1.54) is 0 Å². The van der Waals surface area contributed by atoms with Gasteiger partial charge < -0.3 is 15.4 Å². The van der Waals surface area contributed by atoms with Gasteiger partial charge in [-0.1, -0.05) is 30.3 Å². The molecule has 0 saturated carbocycles. The maximum Gasteiger partial charge on any atom is 0.222 e. The molecule has 1 amide bonds.